The number of nitrogens with zero attached hydrogens (tertiary/aromatic N) is 1. The number of esters is 1. The molecule has 5 rings (SSSR count). The third-order valence-electron chi connectivity index (χ3n) is 6.25. The molecule has 0 unspecified atom stereocenters. The fourth-order valence-electron chi connectivity index (χ4n) is 4.52. The zero-order valence-electron chi connectivity index (χ0n) is 19.6. The van der Waals surface area contributed by atoms with Gasteiger partial charge in [0, 0.05) is 15.8 Å². The molecule has 0 saturated carbocycles. The number of aryl methyl sites for hydroxylation is 1. The Bertz CT molecular complexity index is 1390. The van der Waals surface area contributed by atoms with Crippen LogP contribution in [0.15, 0.2) is 42.5 Å². The van der Waals surface area contributed by atoms with Gasteiger partial charge in [0.1, 0.15) is 14.7 Å². The Hall–Kier alpha value is -3.23. The molecule has 1 amide bonds. The average Bonchev–Trinajstić information content (AvgIpc) is 3.36. The second-order valence-corrected chi connectivity index (χ2v) is 10.7. The first-order valence-corrected chi connectivity index (χ1v) is 13.6. The van der Waals surface area contributed by atoms with Crippen molar-refractivity contribution in [1.82, 2.24) is 4.98 Å². The number of hydrogen-bond donors (Lipinski definition) is 2. The number of carbonyl (C=O) groups is 2. The summed E-state index contributed by atoms with van der Waals surface area (Å²) >= 11 is 2.76. The molecule has 8 heteroatoms. The molecule has 0 fully saturated rings. The number of pyridine rings is 1. The monoisotopic (exact) mass is 505 g/mol. The van der Waals surface area contributed by atoms with Gasteiger partial charge in [0.25, 0.3) is 5.91 Å². The van der Waals surface area contributed by atoms with Crippen LogP contribution >= 0.6 is 22.7 Å². The summed E-state index contributed by atoms with van der Waals surface area (Å²) in [5.74, 6) is -0.703. The highest BCUT2D eigenvalue weighted by molar-refractivity contribution is 7.21. The number of nitrogen functional groups attached to an aromatic ring is 1. The minimum atomic E-state index is -0.376. The van der Waals surface area contributed by atoms with E-state index in [4.69, 9.17) is 15.5 Å². The third kappa shape index (κ3) is 4.68. The van der Waals surface area contributed by atoms with Crippen LogP contribution in [0.5, 0.6) is 0 Å². The number of nitrogens with one attached hydrogen (secondary N) is 1. The molecule has 180 valence electrons. The van der Waals surface area contributed by atoms with Gasteiger partial charge in [-0.15, -0.1) is 22.7 Å². The summed E-state index contributed by atoms with van der Waals surface area (Å²) in [6.07, 6.45) is 6.19. The largest absolute Gasteiger partial charge is 0.462 e. The lowest BCUT2D eigenvalue weighted by atomic mass is 9.96. The fourth-order valence-corrected chi connectivity index (χ4v) is 6.78. The number of benzene rings is 1. The lowest BCUT2D eigenvalue weighted by Crippen LogP contribution is -2.15. The maximum atomic E-state index is 13.4. The van der Waals surface area contributed by atoms with E-state index in [1.165, 1.54) is 34.0 Å². The fraction of sp³-hybridized carbons (Fsp3) is 0.296. The predicted molar refractivity (Wildman–Crippen MR) is 144 cm³/mol. The van der Waals surface area contributed by atoms with Gasteiger partial charge in [0.05, 0.1) is 23.6 Å². The van der Waals surface area contributed by atoms with Crippen LogP contribution in [0.3, 0.4) is 0 Å². The Morgan fingerprint density at radius 1 is 1.03 bits per heavy atom. The number of hydrogen-bond acceptors (Lipinski definition) is 7. The normalized spacial score (nSPS) is 13.6. The molecule has 1 aliphatic carbocycles. The van der Waals surface area contributed by atoms with E-state index in [0.717, 1.165) is 54.3 Å². The van der Waals surface area contributed by atoms with Gasteiger partial charge in [0.15, 0.2) is 0 Å². The van der Waals surface area contributed by atoms with Crippen molar-refractivity contribution in [2.24, 2.45) is 0 Å². The van der Waals surface area contributed by atoms with Crippen molar-refractivity contribution in [3.63, 3.8) is 0 Å². The van der Waals surface area contributed by atoms with Crippen molar-refractivity contribution >= 4 is 55.5 Å². The van der Waals surface area contributed by atoms with Crippen LogP contribution in [0.25, 0.3) is 21.5 Å². The molecule has 1 aliphatic rings. The summed E-state index contributed by atoms with van der Waals surface area (Å²) in [6.45, 7) is 2.08. The number of anilines is 2. The lowest BCUT2D eigenvalue weighted by molar-refractivity contribution is 0.0526. The molecule has 4 aromatic rings. The number of carbonyl (C=O) groups excluding carboxylic acids is 2. The highest BCUT2D eigenvalue weighted by atomic mass is 32.1. The molecule has 3 N–H and O–H groups in total. The van der Waals surface area contributed by atoms with E-state index in [-0.39, 0.29) is 18.5 Å². The van der Waals surface area contributed by atoms with Crippen molar-refractivity contribution < 1.29 is 14.3 Å². The van der Waals surface area contributed by atoms with Crippen LogP contribution < -0.4 is 11.1 Å². The Kier molecular flexibility index (Phi) is 6.83. The number of thiophene rings is 2. The minimum Gasteiger partial charge on any atom is -0.462 e. The molecular weight excluding hydrogens is 478 g/mol. The summed E-state index contributed by atoms with van der Waals surface area (Å²) in [4.78, 5) is 33.3. The molecule has 1 aromatic carbocycles. The third-order valence-corrected chi connectivity index (χ3v) is 8.57. The Morgan fingerprint density at radius 3 is 2.57 bits per heavy atom. The van der Waals surface area contributed by atoms with Gasteiger partial charge in [-0.2, -0.15) is 0 Å². The van der Waals surface area contributed by atoms with Gasteiger partial charge in [-0.05, 0) is 50.3 Å². The van der Waals surface area contributed by atoms with Crippen molar-refractivity contribution in [3.8, 4) is 11.3 Å². The first kappa shape index (κ1) is 23.5. The maximum absolute atomic E-state index is 13.4. The number of ether oxygens (including phenoxy) is 1. The standard InChI is InChI=1S/C27H27N3O3S2/c1-2-33-27(32)21-17-12-8-3-4-9-13-20(17)34-26(21)30-24(31)23-22(28)18-14-15-19(29-25(18)35-23)16-10-6-5-7-11-16/h5-7,10-11,14-15H,2-4,8-9,12-13,28H2,1H3,(H,30,31). The highest BCUT2D eigenvalue weighted by Crippen LogP contribution is 2.39. The van der Waals surface area contributed by atoms with Crippen LogP contribution in [0.2, 0.25) is 0 Å². The Balaban J connectivity index is 1.49. The second-order valence-electron chi connectivity index (χ2n) is 8.56. The van der Waals surface area contributed by atoms with Crippen molar-refractivity contribution in [1.29, 1.82) is 0 Å². The van der Waals surface area contributed by atoms with Gasteiger partial charge in [-0.25, -0.2) is 9.78 Å². The molecule has 3 heterocycles. The number of fused-ring (bicyclic) bond motifs is 2. The Labute approximate surface area is 212 Å². The van der Waals surface area contributed by atoms with Crippen molar-refractivity contribution in [2.45, 2.75) is 45.4 Å². The van der Waals surface area contributed by atoms with Gasteiger partial charge in [-0.1, -0.05) is 43.2 Å². The molecule has 35 heavy (non-hydrogen) atoms. The number of rotatable bonds is 5. The number of aromatic nitrogens is 1. The quantitative estimate of drug-likeness (QED) is 0.295. The lowest BCUT2D eigenvalue weighted by Gasteiger charge is -2.11. The molecular formula is C27H27N3O3S2. The van der Waals surface area contributed by atoms with Crippen LogP contribution in [0.4, 0.5) is 10.7 Å². The van der Waals surface area contributed by atoms with E-state index >= 15 is 0 Å². The molecule has 0 saturated heterocycles. The van der Waals surface area contributed by atoms with E-state index in [9.17, 15) is 9.59 Å². The summed E-state index contributed by atoms with van der Waals surface area (Å²) in [5.41, 5.74) is 10.2. The molecule has 3 aromatic heterocycles. The molecule has 0 radical (unpaired) electrons. The zero-order valence-corrected chi connectivity index (χ0v) is 21.2. The molecule has 6 nitrogen and oxygen atoms in total. The first-order chi connectivity index (χ1) is 17.1. The molecule has 0 atom stereocenters. The van der Waals surface area contributed by atoms with Gasteiger partial charge in [-0.3, -0.25) is 4.79 Å². The Morgan fingerprint density at radius 2 is 1.80 bits per heavy atom. The van der Waals surface area contributed by atoms with Crippen LogP contribution in [0.1, 0.15) is 63.1 Å². The van der Waals surface area contributed by atoms with Crippen molar-refractivity contribution in [2.75, 3.05) is 17.7 Å². The smallest absolute Gasteiger partial charge is 0.341 e. The summed E-state index contributed by atoms with van der Waals surface area (Å²) in [5, 5.41) is 4.30. The van der Waals surface area contributed by atoms with Gasteiger partial charge in [0.2, 0.25) is 0 Å². The van der Waals surface area contributed by atoms with E-state index in [1.807, 2.05) is 42.5 Å². The van der Waals surface area contributed by atoms with Gasteiger partial charge < -0.3 is 15.8 Å². The van der Waals surface area contributed by atoms with E-state index in [1.54, 1.807) is 6.92 Å². The highest BCUT2D eigenvalue weighted by Gasteiger charge is 2.27. The predicted octanol–water partition coefficient (Wildman–Crippen LogP) is 6.70. The SMILES string of the molecule is CCOC(=O)c1c(NC(=O)c2sc3nc(-c4ccccc4)ccc3c2N)sc2c1CCCCCC2. The topological polar surface area (TPSA) is 94.3 Å². The number of amides is 1. The first-order valence-electron chi connectivity index (χ1n) is 11.9. The summed E-state index contributed by atoms with van der Waals surface area (Å²) < 4.78 is 5.36. The molecule has 0 bridgehead atoms. The second kappa shape index (κ2) is 10.2. The van der Waals surface area contributed by atoms with E-state index < -0.39 is 0 Å². The van der Waals surface area contributed by atoms with Crippen LogP contribution in [0, 0.1) is 0 Å². The van der Waals surface area contributed by atoms with Crippen molar-refractivity contribution in [3.05, 3.63) is 63.3 Å². The van der Waals surface area contributed by atoms with Gasteiger partial charge >= 0.3 is 5.97 Å². The van der Waals surface area contributed by atoms with E-state index in [0.29, 0.717) is 26.0 Å². The summed E-state index contributed by atoms with van der Waals surface area (Å²) in [6, 6.07) is 13.7. The van der Waals surface area contributed by atoms with E-state index in [2.05, 4.69) is 5.32 Å². The zero-order chi connectivity index (χ0) is 24.4. The maximum Gasteiger partial charge on any atom is 0.341 e. The minimum absolute atomic E-state index is 0.287. The number of nitrogens with two attached hydrogens (primary N) is 1. The van der Waals surface area contributed by atoms with Crippen LogP contribution in [-0.4, -0.2) is 23.5 Å². The average molecular weight is 506 g/mol. The summed E-state index contributed by atoms with van der Waals surface area (Å²) in [7, 11) is 0. The molecule has 0 spiro atoms. The van der Waals surface area contributed by atoms with Crippen LogP contribution in [-0.2, 0) is 17.6 Å². The molecule has 0 aliphatic heterocycles.